The summed E-state index contributed by atoms with van der Waals surface area (Å²) in [5.74, 6) is -0.987. The number of aromatic nitrogens is 1. The smallest absolute Gasteiger partial charge is 0.404 e. The normalized spacial score (nSPS) is 12.7. The fraction of sp³-hybridized carbons (Fsp3) is 0.312. The summed E-state index contributed by atoms with van der Waals surface area (Å²) < 4.78 is 91.9. The molecule has 2 N–H and O–H groups in total. The quantitative estimate of drug-likeness (QED) is 0.543. The molecule has 0 radical (unpaired) electrons. The lowest BCUT2D eigenvalue weighted by Crippen LogP contribution is -2.32. The maximum Gasteiger partial charge on any atom is 0.573 e. The lowest BCUT2D eigenvalue weighted by Gasteiger charge is -2.18. The van der Waals surface area contributed by atoms with Crippen LogP contribution in [0.25, 0.3) is 0 Å². The van der Waals surface area contributed by atoms with Gasteiger partial charge in [-0.05, 0) is 24.3 Å². The monoisotopic (exact) mass is 468 g/mol. The van der Waals surface area contributed by atoms with E-state index in [-0.39, 0.29) is 23.8 Å². The average Bonchev–Trinajstić information content (AvgIpc) is 2.66. The maximum absolute atomic E-state index is 12.5. The van der Waals surface area contributed by atoms with Crippen molar-refractivity contribution < 1.29 is 34.7 Å². The van der Waals surface area contributed by atoms with Crippen LogP contribution in [0.1, 0.15) is 13.8 Å². The number of alkyl halides is 3. The Kier molecular flexibility index (Phi) is 7.28. The molecule has 0 saturated carbocycles. The summed E-state index contributed by atoms with van der Waals surface area (Å²) >= 11 is 0. The number of hydrogen-bond donors (Lipinski definition) is 2. The zero-order valence-corrected chi connectivity index (χ0v) is 17.5. The molecule has 166 valence electrons. The minimum absolute atomic E-state index is 0.0775. The summed E-state index contributed by atoms with van der Waals surface area (Å²) in [6, 6.07) is 6.62. The van der Waals surface area contributed by atoms with E-state index in [1.165, 1.54) is 28.6 Å². The Labute approximate surface area is 171 Å². The second kappa shape index (κ2) is 9.16. The van der Waals surface area contributed by atoms with Crippen LogP contribution in [0.2, 0.25) is 0 Å². The van der Waals surface area contributed by atoms with Gasteiger partial charge in [-0.2, -0.15) is 4.31 Å². The number of ether oxygens (including phenoxy) is 1. The third-order valence-corrected chi connectivity index (χ3v) is 7.08. The zero-order valence-electron chi connectivity index (χ0n) is 15.8. The molecule has 2 aromatic rings. The largest absolute Gasteiger partial charge is 0.573 e. The molecule has 1 aromatic carbocycles. The number of nitrogens with one attached hydrogen (secondary N) is 2. The van der Waals surface area contributed by atoms with Crippen LogP contribution < -0.4 is 15.0 Å². The topological polar surface area (TPSA) is 118 Å². The van der Waals surface area contributed by atoms with Gasteiger partial charge in [-0.1, -0.05) is 26.0 Å². The Morgan fingerprint density at radius 2 is 1.67 bits per heavy atom. The Morgan fingerprint density at radius 3 is 2.20 bits per heavy atom. The van der Waals surface area contributed by atoms with Crippen molar-refractivity contribution in [1.82, 2.24) is 14.1 Å². The van der Waals surface area contributed by atoms with Gasteiger partial charge in [-0.15, -0.1) is 18.0 Å². The van der Waals surface area contributed by atoms with Gasteiger partial charge in [0.05, 0.1) is 0 Å². The van der Waals surface area contributed by atoms with E-state index in [9.17, 15) is 30.0 Å². The molecular formula is C16H19F3N4O5S2. The highest BCUT2D eigenvalue weighted by Crippen LogP contribution is 2.29. The van der Waals surface area contributed by atoms with Crippen LogP contribution in [-0.2, 0) is 20.0 Å². The number of pyridine rings is 1. The van der Waals surface area contributed by atoms with Crippen LogP contribution in [0.3, 0.4) is 0 Å². The van der Waals surface area contributed by atoms with Gasteiger partial charge in [0.25, 0.3) is 10.0 Å². The van der Waals surface area contributed by atoms with Crippen molar-refractivity contribution in [1.29, 1.82) is 0 Å². The minimum atomic E-state index is -5.08. The Morgan fingerprint density at radius 1 is 1.03 bits per heavy atom. The van der Waals surface area contributed by atoms with Crippen molar-refractivity contribution in [3.8, 4) is 5.75 Å². The molecule has 0 spiro atoms. The van der Waals surface area contributed by atoms with Crippen LogP contribution in [-0.4, -0.2) is 45.6 Å². The van der Waals surface area contributed by atoms with Crippen LogP contribution in [0.4, 0.5) is 19.0 Å². The Bertz CT molecular complexity index is 1070. The number of nitrogens with zero attached hydrogens (tertiary/aromatic N) is 2. The molecule has 0 aliphatic rings. The molecule has 0 saturated heterocycles. The van der Waals surface area contributed by atoms with Crippen LogP contribution in [0.5, 0.6) is 5.75 Å². The molecule has 0 bridgehead atoms. The molecule has 0 amide bonds. The molecule has 1 aromatic heterocycles. The summed E-state index contributed by atoms with van der Waals surface area (Å²) in [6.07, 6.45) is -4.04. The first kappa shape index (κ1) is 23.9. The summed E-state index contributed by atoms with van der Waals surface area (Å²) in [5, 5.41) is 0. The molecule has 0 unspecified atom stereocenters. The second-order valence-corrected chi connectivity index (χ2v) is 9.28. The number of hydrogen-bond acceptors (Lipinski definition) is 7. The summed E-state index contributed by atoms with van der Waals surface area (Å²) in [4.78, 5) is 4.84. The summed E-state index contributed by atoms with van der Waals surface area (Å²) in [5.41, 5.74) is 2.22. The molecule has 14 heteroatoms. The van der Waals surface area contributed by atoms with Gasteiger partial charge >= 0.3 is 6.36 Å². The molecule has 1 heterocycles. The molecule has 0 aliphatic carbocycles. The van der Waals surface area contributed by atoms with Gasteiger partial charge in [0.15, 0.2) is 0 Å². The number of halogens is 3. The van der Waals surface area contributed by atoms with Gasteiger partial charge in [0.2, 0.25) is 10.0 Å². The SMILES string of the molecule is CCN(CC)S(=O)(=O)c1ccc(NNS(=O)(=O)c2ccccc2OC(F)(F)F)nc1. The van der Waals surface area contributed by atoms with E-state index in [2.05, 4.69) is 15.1 Å². The van der Waals surface area contributed by atoms with Crippen molar-refractivity contribution in [2.45, 2.75) is 30.0 Å². The van der Waals surface area contributed by atoms with E-state index >= 15 is 0 Å². The molecule has 0 fully saturated rings. The van der Waals surface area contributed by atoms with E-state index in [0.717, 1.165) is 18.3 Å². The van der Waals surface area contributed by atoms with Crippen LogP contribution >= 0.6 is 0 Å². The van der Waals surface area contributed by atoms with Gasteiger partial charge in [0, 0.05) is 19.3 Å². The predicted octanol–water partition coefficient (Wildman–Crippen LogP) is 2.32. The first-order valence-corrected chi connectivity index (χ1v) is 11.4. The molecule has 0 aliphatic heterocycles. The molecule has 30 heavy (non-hydrogen) atoms. The van der Waals surface area contributed by atoms with Crippen molar-refractivity contribution in [2.75, 3.05) is 18.5 Å². The highest BCUT2D eigenvalue weighted by molar-refractivity contribution is 7.89. The highest BCUT2D eigenvalue weighted by atomic mass is 32.2. The molecular weight excluding hydrogens is 449 g/mol. The van der Waals surface area contributed by atoms with Gasteiger partial charge < -0.3 is 4.74 Å². The number of sulfonamides is 2. The first-order valence-electron chi connectivity index (χ1n) is 8.49. The van der Waals surface area contributed by atoms with E-state index < -0.39 is 37.1 Å². The van der Waals surface area contributed by atoms with Crippen LogP contribution in [0.15, 0.2) is 52.4 Å². The number of anilines is 1. The van der Waals surface area contributed by atoms with Crippen LogP contribution in [0, 0.1) is 0 Å². The highest BCUT2D eigenvalue weighted by Gasteiger charge is 2.34. The first-order chi connectivity index (χ1) is 13.9. The van der Waals surface area contributed by atoms with Crippen molar-refractivity contribution in [2.24, 2.45) is 0 Å². The van der Waals surface area contributed by atoms with E-state index in [4.69, 9.17) is 0 Å². The summed E-state index contributed by atoms with van der Waals surface area (Å²) in [6.45, 7) is 3.88. The lowest BCUT2D eigenvalue weighted by atomic mass is 10.3. The molecule has 9 nitrogen and oxygen atoms in total. The maximum atomic E-state index is 12.5. The van der Waals surface area contributed by atoms with Gasteiger partial charge in [-0.3, -0.25) is 5.43 Å². The number of hydrazine groups is 1. The predicted molar refractivity (Wildman–Crippen MR) is 101 cm³/mol. The number of para-hydroxylation sites is 1. The third kappa shape index (κ3) is 5.81. The van der Waals surface area contributed by atoms with Gasteiger partial charge in [-0.25, -0.2) is 21.8 Å². The standard InChI is InChI=1S/C16H19F3N4O5S2/c1-3-23(4-2)30(26,27)12-9-10-15(20-11-12)21-22-29(24,25)14-8-6-5-7-13(14)28-16(17,18)19/h5-11,22H,3-4H2,1-2H3,(H,20,21). The number of benzene rings is 1. The van der Waals surface area contributed by atoms with E-state index in [0.29, 0.717) is 0 Å². The van der Waals surface area contributed by atoms with Crippen molar-refractivity contribution in [3.05, 3.63) is 42.6 Å². The second-order valence-electron chi connectivity index (χ2n) is 5.69. The minimum Gasteiger partial charge on any atom is -0.404 e. The van der Waals surface area contributed by atoms with Crippen molar-refractivity contribution in [3.63, 3.8) is 0 Å². The van der Waals surface area contributed by atoms with Crippen molar-refractivity contribution >= 4 is 25.9 Å². The van der Waals surface area contributed by atoms with E-state index in [1.54, 1.807) is 13.8 Å². The molecule has 0 atom stereocenters. The Balaban J connectivity index is 2.18. The fourth-order valence-electron chi connectivity index (χ4n) is 2.38. The zero-order chi connectivity index (χ0) is 22.6. The molecule has 2 rings (SSSR count). The van der Waals surface area contributed by atoms with Gasteiger partial charge in [0.1, 0.15) is 21.4 Å². The number of rotatable bonds is 9. The Hall–Kier alpha value is -2.42. The summed E-state index contributed by atoms with van der Waals surface area (Å²) in [7, 11) is -8.22. The average molecular weight is 468 g/mol. The third-order valence-electron chi connectivity index (χ3n) is 3.76. The fourth-order valence-corrected chi connectivity index (χ4v) is 4.76. The lowest BCUT2D eigenvalue weighted by molar-refractivity contribution is -0.275. The van der Waals surface area contributed by atoms with E-state index in [1.807, 2.05) is 4.83 Å².